The number of hydrogen-bond donors (Lipinski definition) is 1. The lowest BCUT2D eigenvalue weighted by molar-refractivity contribution is 0.244. The molecule has 0 bridgehead atoms. The predicted octanol–water partition coefficient (Wildman–Crippen LogP) is 4.15. The molecule has 1 N–H and O–H groups in total. The quantitative estimate of drug-likeness (QED) is 0.710. The Balaban J connectivity index is 2.14. The largest absolute Gasteiger partial charge is 0.337 e. The van der Waals surface area contributed by atoms with E-state index >= 15 is 0 Å². The van der Waals surface area contributed by atoms with Crippen molar-refractivity contribution < 1.29 is 4.79 Å². The van der Waals surface area contributed by atoms with Crippen LogP contribution in [0.1, 0.15) is 19.8 Å². The van der Waals surface area contributed by atoms with Crippen molar-refractivity contribution in [2.45, 2.75) is 19.8 Å². The Kier molecular flexibility index (Phi) is 3.42. The number of nitrogens with one attached hydrogen (secondary N) is 1. The van der Waals surface area contributed by atoms with Crippen molar-refractivity contribution in [3.63, 3.8) is 0 Å². The van der Waals surface area contributed by atoms with Gasteiger partial charge in [-0.15, -0.1) is 0 Å². The van der Waals surface area contributed by atoms with Crippen LogP contribution >= 0.6 is 0 Å². The molecule has 0 fully saturated rings. The summed E-state index contributed by atoms with van der Waals surface area (Å²) in [4.78, 5) is 12.5. The molecule has 0 saturated carbocycles. The maximum Gasteiger partial charge on any atom is 0.326 e. The van der Waals surface area contributed by atoms with Gasteiger partial charge >= 0.3 is 6.03 Å². The molecule has 0 spiro atoms. The van der Waals surface area contributed by atoms with Crippen LogP contribution in [0.3, 0.4) is 0 Å². The van der Waals surface area contributed by atoms with Gasteiger partial charge in [0.2, 0.25) is 0 Å². The summed E-state index contributed by atoms with van der Waals surface area (Å²) in [6.45, 7) is 2.84. The molecular formula is C17H18N2O. The minimum Gasteiger partial charge on any atom is -0.337 e. The molecular weight excluding hydrogens is 248 g/mol. The first kappa shape index (κ1) is 12.7. The zero-order valence-corrected chi connectivity index (χ0v) is 11.6. The fourth-order valence-electron chi connectivity index (χ4n) is 2.59. The highest BCUT2D eigenvalue weighted by Gasteiger charge is 2.14. The van der Waals surface area contributed by atoms with Gasteiger partial charge in [-0.1, -0.05) is 49.7 Å². The fraction of sp³-hybridized carbons (Fsp3) is 0.235. The van der Waals surface area contributed by atoms with Gasteiger partial charge in [-0.05, 0) is 18.6 Å². The summed E-state index contributed by atoms with van der Waals surface area (Å²) >= 11 is 0. The van der Waals surface area contributed by atoms with Gasteiger partial charge in [0.25, 0.3) is 0 Å². The fourth-order valence-corrected chi connectivity index (χ4v) is 2.59. The Labute approximate surface area is 118 Å². The van der Waals surface area contributed by atoms with E-state index in [0.29, 0.717) is 0 Å². The summed E-state index contributed by atoms with van der Waals surface area (Å²) in [5, 5.41) is 5.23. The SMILES string of the molecule is CCCCNC(=O)n1c2ccccc2c2ccccc21. The first-order valence-electron chi connectivity index (χ1n) is 7.09. The summed E-state index contributed by atoms with van der Waals surface area (Å²) in [5.41, 5.74) is 1.92. The van der Waals surface area contributed by atoms with Crippen LogP contribution in [0.25, 0.3) is 21.8 Å². The van der Waals surface area contributed by atoms with Gasteiger partial charge in [0.1, 0.15) is 0 Å². The molecule has 1 heterocycles. The van der Waals surface area contributed by atoms with Crippen LogP contribution in [-0.2, 0) is 0 Å². The number of nitrogens with zero attached hydrogens (tertiary/aromatic N) is 1. The molecule has 0 unspecified atom stereocenters. The molecule has 0 radical (unpaired) electrons. The zero-order valence-electron chi connectivity index (χ0n) is 11.6. The number of aromatic nitrogens is 1. The number of rotatable bonds is 3. The minimum absolute atomic E-state index is 0.0455. The van der Waals surface area contributed by atoms with Crippen molar-refractivity contribution in [2.24, 2.45) is 0 Å². The van der Waals surface area contributed by atoms with Gasteiger partial charge in [0.15, 0.2) is 0 Å². The Morgan fingerprint density at radius 3 is 2.10 bits per heavy atom. The Bertz CT molecular complexity index is 705. The molecule has 20 heavy (non-hydrogen) atoms. The van der Waals surface area contributed by atoms with E-state index in [4.69, 9.17) is 0 Å². The van der Waals surface area contributed by atoms with Crippen LogP contribution in [0.2, 0.25) is 0 Å². The van der Waals surface area contributed by atoms with E-state index in [1.165, 1.54) is 0 Å². The standard InChI is InChI=1S/C17H18N2O/c1-2-3-12-18-17(20)19-15-10-6-4-8-13(15)14-9-5-7-11-16(14)19/h4-11H,2-3,12H2,1H3,(H,18,20). The van der Waals surface area contributed by atoms with Gasteiger partial charge in [-0.25, -0.2) is 4.79 Å². The summed E-state index contributed by atoms with van der Waals surface area (Å²) in [5.74, 6) is 0. The van der Waals surface area contributed by atoms with E-state index in [0.717, 1.165) is 41.2 Å². The van der Waals surface area contributed by atoms with E-state index in [1.807, 2.05) is 36.4 Å². The number of benzene rings is 2. The highest BCUT2D eigenvalue weighted by Crippen LogP contribution is 2.28. The van der Waals surface area contributed by atoms with E-state index in [1.54, 1.807) is 4.57 Å². The monoisotopic (exact) mass is 266 g/mol. The number of para-hydroxylation sites is 2. The van der Waals surface area contributed by atoms with Gasteiger partial charge < -0.3 is 5.32 Å². The summed E-state index contributed by atoms with van der Waals surface area (Å²) < 4.78 is 1.78. The van der Waals surface area contributed by atoms with Crippen molar-refractivity contribution in [1.29, 1.82) is 0 Å². The first-order valence-corrected chi connectivity index (χ1v) is 7.09. The van der Waals surface area contributed by atoms with Gasteiger partial charge in [0.05, 0.1) is 11.0 Å². The smallest absolute Gasteiger partial charge is 0.326 e. The molecule has 3 heteroatoms. The summed E-state index contributed by atoms with van der Waals surface area (Å²) in [6.07, 6.45) is 2.08. The zero-order chi connectivity index (χ0) is 13.9. The third-order valence-electron chi connectivity index (χ3n) is 3.59. The lowest BCUT2D eigenvalue weighted by Gasteiger charge is -2.07. The number of hydrogen-bond acceptors (Lipinski definition) is 1. The number of unbranched alkanes of at least 4 members (excludes halogenated alkanes) is 1. The molecule has 0 saturated heterocycles. The van der Waals surface area contributed by atoms with Crippen molar-refractivity contribution >= 4 is 27.8 Å². The summed E-state index contributed by atoms with van der Waals surface area (Å²) in [7, 11) is 0. The minimum atomic E-state index is -0.0455. The van der Waals surface area contributed by atoms with Crippen molar-refractivity contribution in [1.82, 2.24) is 9.88 Å². The lowest BCUT2D eigenvalue weighted by atomic mass is 10.2. The normalized spacial score (nSPS) is 11.1. The third-order valence-corrected chi connectivity index (χ3v) is 3.59. The van der Waals surface area contributed by atoms with Gasteiger partial charge in [-0.2, -0.15) is 0 Å². The van der Waals surface area contributed by atoms with Crippen molar-refractivity contribution in [2.75, 3.05) is 6.54 Å². The van der Waals surface area contributed by atoms with Crippen LogP contribution in [-0.4, -0.2) is 17.1 Å². The number of amides is 1. The average Bonchev–Trinajstić information content (AvgIpc) is 2.82. The third kappa shape index (κ3) is 2.05. The van der Waals surface area contributed by atoms with Crippen molar-refractivity contribution in [3.05, 3.63) is 48.5 Å². The maximum absolute atomic E-state index is 12.5. The van der Waals surface area contributed by atoms with E-state index in [9.17, 15) is 4.79 Å². The molecule has 0 aliphatic heterocycles. The second kappa shape index (κ2) is 5.37. The molecule has 102 valence electrons. The van der Waals surface area contributed by atoms with Crippen LogP contribution in [0, 0.1) is 0 Å². The topological polar surface area (TPSA) is 34.0 Å². The van der Waals surface area contributed by atoms with Crippen LogP contribution in [0.15, 0.2) is 48.5 Å². The maximum atomic E-state index is 12.5. The van der Waals surface area contributed by atoms with Gasteiger partial charge in [-0.3, -0.25) is 4.57 Å². The Morgan fingerprint density at radius 2 is 1.55 bits per heavy atom. The second-order valence-electron chi connectivity index (χ2n) is 4.96. The molecule has 0 aliphatic rings. The molecule has 0 aliphatic carbocycles. The van der Waals surface area contributed by atoms with Gasteiger partial charge in [0, 0.05) is 17.3 Å². The Morgan fingerprint density at radius 1 is 1.00 bits per heavy atom. The highest BCUT2D eigenvalue weighted by molar-refractivity contribution is 6.12. The Hall–Kier alpha value is -2.29. The summed E-state index contributed by atoms with van der Waals surface area (Å²) in [6, 6.07) is 16.0. The van der Waals surface area contributed by atoms with E-state index in [-0.39, 0.29) is 6.03 Å². The molecule has 3 nitrogen and oxygen atoms in total. The van der Waals surface area contributed by atoms with E-state index in [2.05, 4.69) is 24.4 Å². The lowest BCUT2D eigenvalue weighted by Crippen LogP contribution is -2.29. The highest BCUT2D eigenvalue weighted by atomic mass is 16.2. The predicted molar refractivity (Wildman–Crippen MR) is 83.1 cm³/mol. The number of carbonyl (C=O) groups is 1. The first-order chi connectivity index (χ1) is 9.83. The van der Waals surface area contributed by atoms with Crippen LogP contribution in [0.5, 0.6) is 0 Å². The molecule has 3 rings (SSSR count). The van der Waals surface area contributed by atoms with E-state index < -0.39 is 0 Å². The average molecular weight is 266 g/mol. The molecule has 3 aromatic rings. The van der Waals surface area contributed by atoms with Crippen LogP contribution in [0.4, 0.5) is 4.79 Å². The number of fused-ring (bicyclic) bond motifs is 3. The van der Waals surface area contributed by atoms with Crippen LogP contribution < -0.4 is 5.32 Å². The molecule has 1 aromatic heterocycles. The molecule has 1 amide bonds. The number of carbonyl (C=O) groups excluding carboxylic acids is 1. The molecule has 2 aromatic carbocycles. The molecule has 0 atom stereocenters. The van der Waals surface area contributed by atoms with Crippen molar-refractivity contribution in [3.8, 4) is 0 Å². The second-order valence-corrected chi connectivity index (χ2v) is 4.96.